The van der Waals surface area contributed by atoms with Crippen LogP contribution < -0.4 is 0 Å². The molecule has 148 valence electrons. The Hall–Kier alpha value is -1.65. The summed E-state index contributed by atoms with van der Waals surface area (Å²) < 4.78 is 15.0. The molecule has 2 aromatic rings. The van der Waals surface area contributed by atoms with Gasteiger partial charge in [0.1, 0.15) is 0 Å². The Bertz CT molecular complexity index is 678. The van der Waals surface area contributed by atoms with Crippen molar-refractivity contribution in [1.82, 2.24) is 9.55 Å². The molecule has 1 fully saturated rings. The average Bonchev–Trinajstić information content (AvgIpc) is 3.20. The highest BCUT2D eigenvalue weighted by atomic mass is 16.7. The maximum Gasteiger partial charge on any atom is 0.186 e. The lowest BCUT2D eigenvalue weighted by molar-refractivity contribution is -0.313. The highest BCUT2D eigenvalue weighted by molar-refractivity contribution is 5.24. The third-order valence-electron chi connectivity index (χ3n) is 6.21. The number of benzene rings is 1. The summed E-state index contributed by atoms with van der Waals surface area (Å²) in [4.78, 5) is 4.18. The maximum absolute atomic E-state index is 6.45. The first kappa shape index (κ1) is 20.1. The molecule has 0 saturated carbocycles. The van der Waals surface area contributed by atoms with Gasteiger partial charge in [0.05, 0.1) is 26.1 Å². The standard InChI is InChI=1S/C23H34N2O2/c1-5-22(6-2)16-26-23(27-17-22,15-25-14-13-24-18-25)12-11-20-7-9-21(10-8-20)19(3)4/h7-10,13-14,18-19H,5-6,11-12,15-17H2,1-4H3. The van der Waals surface area contributed by atoms with E-state index < -0.39 is 5.79 Å². The van der Waals surface area contributed by atoms with Gasteiger partial charge in [0.25, 0.3) is 0 Å². The summed E-state index contributed by atoms with van der Waals surface area (Å²) in [6, 6.07) is 8.96. The Morgan fingerprint density at radius 2 is 1.74 bits per heavy atom. The monoisotopic (exact) mass is 370 g/mol. The first-order valence-electron chi connectivity index (χ1n) is 10.3. The molecule has 0 radical (unpaired) electrons. The summed E-state index contributed by atoms with van der Waals surface area (Å²) in [7, 11) is 0. The van der Waals surface area contributed by atoms with E-state index in [0.29, 0.717) is 12.5 Å². The molecular formula is C23H34N2O2. The van der Waals surface area contributed by atoms with Crippen LogP contribution in [0.3, 0.4) is 0 Å². The number of aromatic nitrogens is 2. The minimum Gasteiger partial charge on any atom is -0.347 e. The molecule has 4 nitrogen and oxygen atoms in total. The smallest absolute Gasteiger partial charge is 0.186 e. The van der Waals surface area contributed by atoms with E-state index in [4.69, 9.17) is 9.47 Å². The van der Waals surface area contributed by atoms with Gasteiger partial charge in [0, 0.05) is 24.2 Å². The van der Waals surface area contributed by atoms with Crippen molar-refractivity contribution in [3.63, 3.8) is 0 Å². The second kappa shape index (κ2) is 8.57. The van der Waals surface area contributed by atoms with Crippen LogP contribution in [0.5, 0.6) is 0 Å². The van der Waals surface area contributed by atoms with Crippen LogP contribution in [0.1, 0.15) is 64.0 Å². The molecule has 0 N–H and O–H groups in total. The van der Waals surface area contributed by atoms with Crippen LogP contribution in [0, 0.1) is 5.41 Å². The van der Waals surface area contributed by atoms with Gasteiger partial charge in [-0.2, -0.15) is 0 Å². The largest absolute Gasteiger partial charge is 0.347 e. The van der Waals surface area contributed by atoms with Crippen LogP contribution in [0.4, 0.5) is 0 Å². The van der Waals surface area contributed by atoms with Crippen LogP contribution in [-0.2, 0) is 22.4 Å². The fourth-order valence-corrected chi connectivity index (χ4v) is 3.69. The molecule has 0 atom stereocenters. The molecule has 1 aromatic carbocycles. The highest BCUT2D eigenvalue weighted by Gasteiger charge is 2.43. The molecule has 0 bridgehead atoms. The Morgan fingerprint density at radius 1 is 1.07 bits per heavy atom. The third-order valence-corrected chi connectivity index (χ3v) is 6.21. The van der Waals surface area contributed by atoms with Crippen LogP contribution in [0.15, 0.2) is 43.0 Å². The zero-order valence-electron chi connectivity index (χ0n) is 17.3. The molecule has 1 aliphatic heterocycles. The van der Waals surface area contributed by atoms with E-state index in [1.807, 2.05) is 18.7 Å². The predicted octanol–water partition coefficient (Wildman–Crippen LogP) is 5.19. The van der Waals surface area contributed by atoms with Crippen molar-refractivity contribution in [1.29, 1.82) is 0 Å². The summed E-state index contributed by atoms with van der Waals surface area (Å²) in [6.07, 6.45) is 9.58. The first-order chi connectivity index (χ1) is 13.0. The number of nitrogens with zero attached hydrogens (tertiary/aromatic N) is 2. The van der Waals surface area contributed by atoms with Gasteiger partial charge in [-0.1, -0.05) is 52.0 Å². The Balaban J connectivity index is 1.71. The predicted molar refractivity (Wildman–Crippen MR) is 109 cm³/mol. The fraction of sp³-hybridized carbons (Fsp3) is 0.609. The second-order valence-corrected chi connectivity index (χ2v) is 8.33. The Labute approximate surface area is 163 Å². The number of aryl methyl sites for hydroxylation is 1. The minimum absolute atomic E-state index is 0.150. The van der Waals surface area contributed by atoms with E-state index in [1.165, 1.54) is 11.1 Å². The van der Waals surface area contributed by atoms with Crippen molar-refractivity contribution >= 4 is 0 Å². The van der Waals surface area contributed by atoms with Gasteiger partial charge in [0.15, 0.2) is 5.79 Å². The maximum atomic E-state index is 6.45. The zero-order valence-corrected chi connectivity index (χ0v) is 17.3. The molecule has 0 amide bonds. The van der Waals surface area contributed by atoms with Crippen molar-refractivity contribution in [2.24, 2.45) is 5.41 Å². The van der Waals surface area contributed by atoms with Gasteiger partial charge in [0.2, 0.25) is 0 Å². The van der Waals surface area contributed by atoms with Crippen molar-refractivity contribution in [3.05, 3.63) is 54.1 Å². The fourth-order valence-electron chi connectivity index (χ4n) is 3.69. The zero-order chi connectivity index (χ0) is 19.3. The molecule has 27 heavy (non-hydrogen) atoms. The van der Waals surface area contributed by atoms with Crippen molar-refractivity contribution in [3.8, 4) is 0 Å². The number of hydrogen-bond acceptors (Lipinski definition) is 3. The van der Waals surface area contributed by atoms with Gasteiger partial charge >= 0.3 is 0 Å². The highest BCUT2D eigenvalue weighted by Crippen LogP contribution is 2.38. The number of ether oxygens (including phenoxy) is 2. The number of imidazole rings is 1. The molecule has 1 saturated heterocycles. The van der Waals surface area contributed by atoms with Gasteiger partial charge in [-0.15, -0.1) is 0 Å². The van der Waals surface area contributed by atoms with Crippen molar-refractivity contribution < 1.29 is 9.47 Å². The summed E-state index contributed by atoms with van der Waals surface area (Å²) in [6.45, 7) is 11.1. The number of hydrogen-bond donors (Lipinski definition) is 0. The van der Waals surface area contributed by atoms with Crippen LogP contribution in [0.25, 0.3) is 0 Å². The molecule has 1 aliphatic rings. The molecule has 4 heteroatoms. The molecule has 0 aliphatic carbocycles. The van der Waals surface area contributed by atoms with Gasteiger partial charge in [-0.25, -0.2) is 4.98 Å². The van der Waals surface area contributed by atoms with Gasteiger partial charge < -0.3 is 14.0 Å². The number of rotatable bonds is 8. The summed E-state index contributed by atoms with van der Waals surface area (Å²) in [5, 5.41) is 0. The molecule has 1 aromatic heterocycles. The van der Waals surface area contributed by atoms with Crippen LogP contribution in [0.2, 0.25) is 0 Å². The minimum atomic E-state index is -0.578. The Morgan fingerprint density at radius 3 is 2.26 bits per heavy atom. The topological polar surface area (TPSA) is 36.3 Å². The summed E-state index contributed by atoms with van der Waals surface area (Å²) in [5.41, 5.74) is 2.87. The van der Waals surface area contributed by atoms with E-state index in [9.17, 15) is 0 Å². The van der Waals surface area contributed by atoms with Crippen LogP contribution in [-0.4, -0.2) is 28.6 Å². The van der Waals surface area contributed by atoms with E-state index in [-0.39, 0.29) is 5.41 Å². The lowest BCUT2D eigenvalue weighted by Gasteiger charge is -2.46. The Kier molecular flexibility index (Phi) is 6.38. The van der Waals surface area contributed by atoms with E-state index in [2.05, 4.69) is 61.5 Å². The van der Waals surface area contributed by atoms with Gasteiger partial charge in [-0.3, -0.25) is 0 Å². The molecule has 2 heterocycles. The van der Waals surface area contributed by atoms with Crippen LogP contribution >= 0.6 is 0 Å². The lowest BCUT2D eigenvalue weighted by atomic mass is 9.83. The van der Waals surface area contributed by atoms with E-state index in [1.54, 1.807) is 0 Å². The molecule has 3 rings (SSSR count). The van der Waals surface area contributed by atoms with Gasteiger partial charge in [-0.05, 0) is 36.3 Å². The average molecular weight is 371 g/mol. The van der Waals surface area contributed by atoms with E-state index in [0.717, 1.165) is 38.9 Å². The molecular weight excluding hydrogens is 336 g/mol. The van der Waals surface area contributed by atoms with E-state index >= 15 is 0 Å². The molecule has 0 unspecified atom stereocenters. The third kappa shape index (κ3) is 4.80. The quantitative estimate of drug-likeness (QED) is 0.642. The summed E-state index contributed by atoms with van der Waals surface area (Å²) in [5.74, 6) is -0.0153. The van der Waals surface area contributed by atoms with Crippen molar-refractivity contribution in [2.75, 3.05) is 13.2 Å². The second-order valence-electron chi connectivity index (χ2n) is 8.33. The first-order valence-corrected chi connectivity index (χ1v) is 10.3. The SMILES string of the molecule is CCC1(CC)COC(CCc2ccc(C(C)C)cc2)(Cn2ccnc2)OC1. The lowest BCUT2D eigenvalue weighted by Crippen LogP contribution is -2.51. The normalized spacial score (nSPS) is 18.7. The summed E-state index contributed by atoms with van der Waals surface area (Å²) >= 11 is 0. The molecule has 0 spiro atoms. The van der Waals surface area contributed by atoms with Crippen molar-refractivity contribution in [2.45, 2.75) is 71.6 Å².